The molecular weight excluding hydrogens is 420 g/mol. The second-order valence-corrected chi connectivity index (χ2v) is 7.01. The normalized spacial score (nSPS) is 10.2. The van der Waals surface area contributed by atoms with Gasteiger partial charge in [-0.1, -0.05) is 18.2 Å². The standard InChI is InChI=1S/C22H19BrN2O3/c1-14-12-17(24-22(27)16-8-11-20(28-2)18(23)13-16)9-10-19(14)25-21(26)15-6-4-3-5-7-15/h3-13H,1-2H3,(H,24,27)(H,25,26). The molecule has 0 unspecified atom stereocenters. The van der Waals surface area contributed by atoms with E-state index in [0.29, 0.717) is 32.7 Å². The highest BCUT2D eigenvalue weighted by molar-refractivity contribution is 9.10. The second kappa shape index (κ2) is 8.71. The van der Waals surface area contributed by atoms with Gasteiger partial charge < -0.3 is 15.4 Å². The minimum Gasteiger partial charge on any atom is -0.496 e. The van der Waals surface area contributed by atoms with E-state index in [0.717, 1.165) is 5.56 Å². The molecule has 0 fully saturated rings. The lowest BCUT2D eigenvalue weighted by atomic mass is 10.1. The SMILES string of the molecule is COc1ccc(C(=O)Nc2ccc(NC(=O)c3ccccc3)c(C)c2)cc1Br. The zero-order valence-electron chi connectivity index (χ0n) is 15.5. The third-order valence-electron chi connectivity index (χ3n) is 4.18. The molecule has 28 heavy (non-hydrogen) atoms. The van der Waals surface area contributed by atoms with Crippen LogP contribution in [0.5, 0.6) is 5.75 Å². The maximum atomic E-state index is 12.5. The lowest BCUT2D eigenvalue weighted by Crippen LogP contribution is -2.14. The number of benzene rings is 3. The van der Waals surface area contributed by atoms with Gasteiger partial charge in [-0.2, -0.15) is 0 Å². The van der Waals surface area contributed by atoms with Gasteiger partial charge in [-0.3, -0.25) is 9.59 Å². The van der Waals surface area contributed by atoms with Gasteiger partial charge in [0.1, 0.15) is 5.75 Å². The Morgan fingerprint density at radius 3 is 2.21 bits per heavy atom. The van der Waals surface area contributed by atoms with Crippen LogP contribution in [0.15, 0.2) is 71.2 Å². The Kier molecular flexibility index (Phi) is 6.11. The summed E-state index contributed by atoms with van der Waals surface area (Å²) >= 11 is 3.38. The summed E-state index contributed by atoms with van der Waals surface area (Å²) in [7, 11) is 1.57. The van der Waals surface area contributed by atoms with Gasteiger partial charge in [0, 0.05) is 22.5 Å². The van der Waals surface area contributed by atoms with Gasteiger partial charge in [-0.05, 0) is 76.9 Å². The number of hydrogen-bond donors (Lipinski definition) is 2. The predicted octanol–water partition coefficient (Wildman–Crippen LogP) is 5.27. The molecule has 0 radical (unpaired) electrons. The molecule has 3 aromatic carbocycles. The van der Waals surface area contributed by atoms with E-state index in [2.05, 4.69) is 26.6 Å². The molecule has 0 heterocycles. The largest absolute Gasteiger partial charge is 0.496 e. The summed E-state index contributed by atoms with van der Waals surface area (Å²) in [5, 5.41) is 5.75. The fourth-order valence-corrected chi connectivity index (χ4v) is 3.22. The molecule has 2 N–H and O–H groups in total. The number of nitrogens with one attached hydrogen (secondary N) is 2. The summed E-state index contributed by atoms with van der Waals surface area (Å²) in [4.78, 5) is 24.8. The van der Waals surface area contributed by atoms with Crippen LogP contribution in [0.3, 0.4) is 0 Å². The van der Waals surface area contributed by atoms with E-state index in [1.165, 1.54) is 0 Å². The average molecular weight is 439 g/mol. The minimum absolute atomic E-state index is 0.177. The van der Waals surface area contributed by atoms with Gasteiger partial charge in [-0.25, -0.2) is 0 Å². The van der Waals surface area contributed by atoms with Crippen LogP contribution in [0, 0.1) is 6.92 Å². The number of aryl methyl sites for hydroxylation is 1. The summed E-state index contributed by atoms with van der Waals surface area (Å²) in [5.41, 5.74) is 3.28. The number of amides is 2. The molecule has 0 bridgehead atoms. The van der Waals surface area contributed by atoms with Crippen LogP contribution in [0.25, 0.3) is 0 Å². The summed E-state index contributed by atoms with van der Waals surface area (Å²) in [5.74, 6) is 0.248. The molecule has 5 nitrogen and oxygen atoms in total. The van der Waals surface area contributed by atoms with E-state index in [9.17, 15) is 9.59 Å². The number of carbonyl (C=O) groups is 2. The number of methoxy groups -OCH3 is 1. The first-order chi connectivity index (χ1) is 13.5. The number of anilines is 2. The van der Waals surface area contributed by atoms with Crippen molar-refractivity contribution in [1.82, 2.24) is 0 Å². The predicted molar refractivity (Wildman–Crippen MR) is 114 cm³/mol. The molecule has 0 aliphatic carbocycles. The molecule has 0 atom stereocenters. The second-order valence-electron chi connectivity index (χ2n) is 6.15. The van der Waals surface area contributed by atoms with Gasteiger partial charge in [0.25, 0.3) is 11.8 Å². The molecule has 0 saturated carbocycles. The zero-order chi connectivity index (χ0) is 20.1. The molecule has 0 spiro atoms. The summed E-state index contributed by atoms with van der Waals surface area (Å²) in [6, 6.07) is 19.5. The monoisotopic (exact) mass is 438 g/mol. The van der Waals surface area contributed by atoms with Crippen LogP contribution >= 0.6 is 15.9 Å². The highest BCUT2D eigenvalue weighted by atomic mass is 79.9. The first kappa shape index (κ1) is 19.6. The van der Waals surface area contributed by atoms with Crippen molar-refractivity contribution < 1.29 is 14.3 Å². The fraction of sp³-hybridized carbons (Fsp3) is 0.0909. The van der Waals surface area contributed by atoms with E-state index in [1.54, 1.807) is 49.6 Å². The molecule has 2 amide bonds. The van der Waals surface area contributed by atoms with Crippen molar-refractivity contribution in [1.29, 1.82) is 0 Å². The van der Waals surface area contributed by atoms with Crippen LogP contribution in [0.2, 0.25) is 0 Å². The van der Waals surface area contributed by atoms with Crippen molar-refractivity contribution in [3.8, 4) is 5.75 Å². The Bertz CT molecular complexity index is 1020. The van der Waals surface area contributed by atoms with Crippen molar-refractivity contribution in [2.45, 2.75) is 6.92 Å². The highest BCUT2D eigenvalue weighted by Gasteiger charge is 2.11. The molecule has 0 aliphatic rings. The van der Waals surface area contributed by atoms with Crippen molar-refractivity contribution in [2.75, 3.05) is 17.7 Å². The number of hydrogen-bond acceptors (Lipinski definition) is 3. The average Bonchev–Trinajstić information content (AvgIpc) is 2.70. The first-order valence-corrected chi connectivity index (χ1v) is 9.39. The van der Waals surface area contributed by atoms with E-state index in [4.69, 9.17) is 4.74 Å². The van der Waals surface area contributed by atoms with Crippen LogP contribution < -0.4 is 15.4 Å². The molecule has 142 valence electrons. The molecule has 3 rings (SSSR count). The fourth-order valence-electron chi connectivity index (χ4n) is 2.68. The molecule has 0 aromatic heterocycles. The number of halogens is 1. The lowest BCUT2D eigenvalue weighted by Gasteiger charge is -2.12. The highest BCUT2D eigenvalue weighted by Crippen LogP contribution is 2.26. The quantitative estimate of drug-likeness (QED) is 0.569. The van der Waals surface area contributed by atoms with E-state index >= 15 is 0 Å². The maximum absolute atomic E-state index is 12.5. The van der Waals surface area contributed by atoms with Crippen molar-refractivity contribution in [2.24, 2.45) is 0 Å². The van der Waals surface area contributed by atoms with Crippen molar-refractivity contribution in [3.63, 3.8) is 0 Å². The van der Waals surface area contributed by atoms with Crippen LogP contribution in [0.4, 0.5) is 11.4 Å². The minimum atomic E-state index is -0.233. The first-order valence-electron chi connectivity index (χ1n) is 8.60. The van der Waals surface area contributed by atoms with Crippen molar-refractivity contribution >= 4 is 39.1 Å². The number of rotatable bonds is 5. The Labute approximate surface area is 171 Å². The summed E-state index contributed by atoms with van der Waals surface area (Å²) < 4.78 is 5.88. The van der Waals surface area contributed by atoms with E-state index in [1.807, 2.05) is 31.2 Å². The Morgan fingerprint density at radius 2 is 1.57 bits per heavy atom. The summed E-state index contributed by atoms with van der Waals surface area (Å²) in [6.07, 6.45) is 0. The van der Waals surface area contributed by atoms with Gasteiger partial charge in [0.2, 0.25) is 0 Å². The van der Waals surface area contributed by atoms with Crippen molar-refractivity contribution in [3.05, 3.63) is 87.9 Å². The molecule has 0 saturated heterocycles. The van der Waals surface area contributed by atoms with Crippen LogP contribution in [0.1, 0.15) is 26.3 Å². The molecular formula is C22H19BrN2O3. The van der Waals surface area contributed by atoms with E-state index < -0.39 is 0 Å². The third kappa shape index (κ3) is 4.58. The topological polar surface area (TPSA) is 67.4 Å². The number of ether oxygens (including phenoxy) is 1. The third-order valence-corrected chi connectivity index (χ3v) is 4.80. The van der Waals surface area contributed by atoms with Gasteiger partial charge in [-0.15, -0.1) is 0 Å². The smallest absolute Gasteiger partial charge is 0.255 e. The summed E-state index contributed by atoms with van der Waals surface area (Å²) in [6.45, 7) is 1.88. The van der Waals surface area contributed by atoms with Gasteiger partial charge in [0.05, 0.1) is 11.6 Å². The van der Waals surface area contributed by atoms with Crippen LogP contribution in [-0.4, -0.2) is 18.9 Å². The molecule has 6 heteroatoms. The maximum Gasteiger partial charge on any atom is 0.255 e. The lowest BCUT2D eigenvalue weighted by molar-refractivity contribution is 0.101. The van der Waals surface area contributed by atoms with Gasteiger partial charge >= 0.3 is 0 Å². The number of carbonyl (C=O) groups excluding carboxylic acids is 2. The Hall–Kier alpha value is -3.12. The van der Waals surface area contributed by atoms with Crippen LogP contribution in [-0.2, 0) is 0 Å². The zero-order valence-corrected chi connectivity index (χ0v) is 17.0. The Balaban J connectivity index is 1.71. The van der Waals surface area contributed by atoms with Gasteiger partial charge in [0.15, 0.2) is 0 Å². The van der Waals surface area contributed by atoms with E-state index in [-0.39, 0.29) is 11.8 Å². The molecule has 0 aliphatic heterocycles. The molecule has 3 aromatic rings. The Morgan fingerprint density at radius 1 is 0.857 bits per heavy atom.